The van der Waals surface area contributed by atoms with Crippen molar-refractivity contribution in [1.82, 2.24) is 10.6 Å². The van der Waals surface area contributed by atoms with Gasteiger partial charge < -0.3 is 24.8 Å². The van der Waals surface area contributed by atoms with E-state index in [1.807, 2.05) is 25.1 Å². The number of amides is 1. The Hall–Kier alpha value is -1.79. The van der Waals surface area contributed by atoms with Crippen molar-refractivity contribution in [1.29, 1.82) is 0 Å². The summed E-state index contributed by atoms with van der Waals surface area (Å²) >= 11 is 0. The predicted octanol–water partition coefficient (Wildman–Crippen LogP) is 1.90. The van der Waals surface area contributed by atoms with Crippen LogP contribution in [0.25, 0.3) is 0 Å². The fourth-order valence-electron chi connectivity index (χ4n) is 2.46. The summed E-state index contributed by atoms with van der Waals surface area (Å²) in [5.74, 6) is 1.78. The number of methoxy groups -OCH3 is 1. The molecule has 6 nitrogen and oxygen atoms in total. The van der Waals surface area contributed by atoms with E-state index < -0.39 is 0 Å². The highest BCUT2D eigenvalue weighted by atomic mass is 16.5. The molecule has 0 saturated carbocycles. The van der Waals surface area contributed by atoms with Gasteiger partial charge in [0.15, 0.2) is 11.5 Å². The Kier molecular flexibility index (Phi) is 6.87. The Morgan fingerprint density at radius 1 is 1.38 bits per heavy atom. The summed E-state index contributed by atoms with van der Waals surface area (Å²) in [6, 6.07) is 5.33. The molecule has 0 aliphatic carbocycles. The van der Waals surface area contributed by atoms with Crippen LogP contribution in [0.4, 0.5) is 0 Å². The van der Waals surface area contributed by atoms with Gasteiger partial charge in [-0.05, 0) is 30.5 Å². The maximum Gasteiger partial charge on any atom is 0.240 e. The lowest BCUT2D eigenvalue weighted by atomic mass is 10.1. The number of benzene rings is 1. The summed E-state index contributed by atoms with van der Waals surface area (Å²) < 4.78 is 16.5. The van der Waals surface area contributed by atoms with Gasteiger partial charge in [0.25, 0.3) is 0 Å². The van der Waals surface area contributed by atoms with Gasteiger partial charge in [0.05, 0.1) is 33.0 Å². The highest BCUT2D eigenvalue weighted by molar-refractivity contribution is 5.82. The lowest BCUT2D eigenvalue weighted by molar-refractivity contribution is -0.126. The number of carbonyl (C=O) groups is 1. The SMILES string of the molecule is COc1cc(C(C)NC(=O)C2COCCN2)ccc1OCC(C)C. The Labute approximate surface area is 143 Å². The first-order valence-electron chi connectivity index (χ1n) is 8.43. The van der Waals surface area contributed by atoms with Crippen LogP contribution in [0.5, 0.6) is 11.5 Å². The van der Waals surface area contributed by atoms with Crippen molar-refractivity contribution in [2.45, 2.75) is 32.9 Å². The normalized spacial score (nSPS) is 19.0. The van der Waals surface area contributed by atoms with Gasteiger partial charge in [-0.3, -0.25) is 4.79 Å². The van der Waals surface area contributed by atoms with E-state index in [1.54, 1.807) is 7.11 Å². The van der Waals surface area contributed by atoms with Gasteiger partial charge in [-0.1, -0.05) is 19.9 Å². The summed E-state index contributed by atoms with van der Waals surface area (Å²) in [6.45, 7) is 8.53. The van der Waals surface area contributed by atoms with E-state index in [1.165, 1.54) is 0 Å². The zero-order valence-electron chi connectivity index (χ0n) is 14.9. The minimum Gasteiger partial charge on any atom is -0.493 e. The molecule has 1 aliphatic heterocycles. The second-order valence-corrected chi connectivity index (χ2v) is 6.43. The van der Waals surface area contributed by atoms with E-state index in [9.17, 15) is 4.79 Å². The van der Waals surface area contributed by atoms with Crippen molar-refractivity contribution in [3.8, 4) is 11.5 Å². The van der Waals surface area contributed by atoms with Gasteiger partial charge in [-0.2, -0.15) is 0 Å². The number of ether oxygens (including phenoxy) is 3. The van der Waals surface area contributed by atoms with Gasteiger partial charge >= 0.3 is 0 Å². The van der Waals surface area contributed by atoms with Crippen molar-refractivity contribution in [2.75, 3.05) is 33.5 Å². The maximum atomic E-state index is 12.3. The van der Waals surface area contributed by atoms with Crippen LogP contribution in [0.3, 0.4) is 0 Å². The number of rotatable bonds is 7. The maximum absolute atomic E-state index is 12.3. The molecule has 1 aliphatic rings. The van der Waals surface area contributed by atoms with E-state index in [2.05, 4.69) is 24.5 Å². The molecule has 0 aromatic heterocycles. The number of hydrogen-bond donors (Lipinski definition) is 2. The summed E-state index contributed by atoms with van der Waals surface area (Å²) in [4.78, 5) is 12.3. The third kappa shape index (κ3) is 5.11. The molecule has 1 heterocycles. The summed E-state index contributed by atoms with van der Waals surface area (Å²) in [5, 5.41) is 6.16. The molecular weight excluding hydrogens is 308 g/mol. The minimum atomic E-state index is -0.295. The largest absolute Gasteiger partial charge is 0.493 e. The molecule has 1 saturated heterocycles. The average Bonchev–Trinajstić information content (AvgIpc) is 2.60. The van der Waals surface area contributed by atoms with Crippen LogP contribution in [-0.2, 0) is 9.53 Å². The van der Waals surface area contributed by atoms with Crippen LogP contribution >= 0.6 is 0 Å². The van der Waals surface area contributed by atoms with E-state index in [4.69, 9.17) is 14.2 Å². The fraction of sp³-hybridized carbons (Fsp3) is 0.611. The van der Waals surface area contributed by atoms with E-state index in [0.717, 1.165) is 11.3 Å². The Morgan fingerprint density at radius 3 is 2.79 bits per heavy atom. The van der Waals surface area contributed by atoms with Gasteiger partial charge in [-0.25, -0.2) is 0 Å². The Morgan fingerprint density at radius 2 is 2.17 bits per heavy atom. The molecule has 1 aromatic carbocycles. The summed E-state index contributed by atoms with van der Waals surface area (Å²) in [6.07, 6.45) is 0. The molecule has 6 heteroatoms. The van der Waals surface area contributed by atoms with E-state index in [-0.39, 0.29) is 18.0 Å². The molecule has 1 amide bonds. The van der Waals surface area contributed by atoms with Gasteiger partial charge in [0.2, 0.25) is 5.91 Å². The first-order chi connectivity index (χ1) is 11.5. The number of hydrogen-bond acceptors (Lipinski definition) is 5. The van der Waals surface area contributed by atoms with Crippen molar-refractivity contribution < 1.29 is 19.0 Å². The Balaban J connectivity index is 2.00. The van der Waals surface area contributed by atoms with Crippen LogP contribution in [0.1, 0.15) is 32.4 Å². The van der Waals surface area contributed by atoms with Crippen molar-refractivity contribution in [3.05, 3.63) is 23.8 Å². The van der Waals surface area contributed by atoms with Gasteiger partial charge in [-0.15, -0.1) is 0 Å². The Bertz CT molecular complexity index is 542. The van der Waals surface area contributed by atoms with Crippen molar-refractivity contribution in [2.24, 2.45) is 5.92 Å². The lowest BCUT2D eigenvalue weighted by Crippen LogP contribution is -2.51. The van der Waals surface area contributed by atoms with Gasteiger partial charge in [0, 0.05) is 6.54 Å². The van der Waals surface area contributed by atoms with E-state index in [0.29, 0.717) is 38.0 Å². The lowest BCUT2D eigenvalue weighted by Gasteiger charge is -2.25. The standard InChI is InChI=1S/C18H28N2O4/c1-12(2)10-24-16-6-5-14(9-17(16)22-4)13(3)20-18(21)15-11-23-8-7-19-15/h5-6,9,12-13,15,19H,7-8,10-11H2,1-4H3,(H,20,21). The molecule has 134 valence electrons. The molecule has 1 aromatic rings. The monoisotopic (exact) mass is 336 g/mol. The molecule has 2 rings (SSSR count). The average molecular weight is 336 g/mol. The first kappa shape index (κ1) is 18.5. The van der Waals surface area contributed by atoms with E-state index >= 15 is 0 Å². The van der Waals surface area contributed by atoms with Crippen LogP contribution < -0.4 is 20.1 Å². The number of nitrogens with one attached hydrogen (secondary N) is 2. The topological polar surface area (TPSA) is 68.8 Å². The van der Waals surface area contributed by atoms with Crippen molar-refractivity contribution >= 4 is 5.91 Å². The smallest absolute Gasteiger partial charge is 0.240 e. The van der Waals surface area contributed by atoms with Crippen LogP contribution in [0.15, 0.2) is 18.2 Å². The zero-order chi connectivity index (χ0) is 17.5. The summed E-state index contributed by atoms with van der Waals surface area (Å²) in [5.41, 5.74) is 0.967. The third-order valence-electron chi connectivity index (χ3n) is 3.86. The van der Waals surface area contributed by atoms with Crippen LogP contribution in [0, 0.1) is 5.92 Å². The van der Waals surface area contributed by atoms with Crippen LogP contribution in [0.2, 0.25) is 0 Å². The molecule has 2 N–H and O–H groups in total. The minimum absolute atomic E-state index is 0.0544. The predicted molar refractivity (Wildman–Crippen MR) is 92.5 cm³/mol. The second kappa shape index (κ2) is 8.89. The molecule has 0 spiro atoms. The second-order valence-electron chi connectivity index (χ2n) is 6.43. The molecule has 1 fully saturated rings. The highest BCUT2D eigenvalue weighted by Gasteiger charge is 2.23. The zero-order valence-corrected chi connectivity index (χ0v) is 14.9. The molecule has 0 radical (unpaired) electrons. The summed E-state index contributed by atoms with van der Waals surface area (Å²) in [7, 11) is 1.62. The molecule has 24 heavy (non-hydrogen) atoms. The number of carbonyl (C=O) groups excluding carboxylic acids is 1. The van der Waals surface area contributed by atoms with Gasteiger partial charge in [0.1, 0.15) is 6.04 Å². The first-order valence-corrected chi connectivity index (χ1v) is 8.43. The third-order valence-corrected chi connectivity index (χ3v) is 3.86. The van der Waals surface area contributed by atoms with Crippen molar-refractivity contribution in [3.63, 3.8) is 0 Å². The molecular formula is C18H28N2O4. The molecule has 2 atom stereocenters. The quantitative estimate of drug-likeness (QED) is 0.796. The van der Waals surface area contributed by atoms with Crippen LogP contribution in [-0.4, -0.2) is 45.4 Å². The highest BCUT2D eigenvalue weighted by Crippen LogP contribution is 2.30. The molecule has 2 unspecified atom stereocenters. The molecule has 0 bridgehead atoms. The fourth-order valence-corrected chi connectivity index (χ4v) is 2.46. The number of morpholine rings is 1.